The van der Waals surface area contributed by atoms with E-state index in [2.05, 4.69) is 69.3 Å². The molecule has 2 fully saturated rings. The maximum atomic E-state index is 14.1. The normalized spacial score (nSPS) is 38.3. The first-order valence-electron chi connectivity index (χ1n) is 12.5. The minimum Gasteiger partial charge on any atom is -0.246 e. The van der Waals surface area contributed by atoms with Crippen molar-refractivity contribution in [1.82, 2.24) is 13.9 Å². The van der Waals surface area contributed by atoms with Crippen LogP contribution in [0.2, 0.25) is 0 Å². The van der Waals surface area contributed by atoms with Crippen molar-refractivity contribution in [3.8, 4) is 0 Å². The fraction of sp³-hybridized carbons (Fsp3) is 0.500. The Hall–Kier alpha value is -2.82. The molecule has 2 saturated carbocycles. The van der Waals surface area contributed by atoms with Gasteiger partial charge in [-0.1, -0.05) is 69.3 Å². The van der Waals surface area contributed by atoms with Crippen molar-refractivity contribution in [1.29, 1.82) is 0 Å². The maximum Gasteiger partial charge on any atom is 0.348 e. The summed E-state index contributed by atoms with van der Waals surface area (Å²) in [7, 11) is 0. The largest absolute Gasteiger partial charge is 0.348 e. The zero-order chi connectivity index (χ0) is 22.4. The molecule has 4 bridgehead atoms. The number of hydrogen-bond acceptors (Lipinski definition) is 2. The number of allylic oxidation sites excluding steroid dienone is 2. The molecule has 7 atom stereocenters. The van der Waals surface area contributed by atoms with Crippen LogP contribution in [0, 0.1) is 28.6 Å². The fourth-order valence-corrected chi connectivity index (χ4v) is 8.69. The van der Waals surface area contributed by atoms with Gasteiger partial charge >= 0.3 is 11.4 Å². The second kappa shape index (κ2) is 5.45. The molecule has 2 aromatic carbocycles. The first-order valence-corrected chi connectivity index (χ1v) is 12.5. The lowest BCUT2D eigenvalue weighted by atomic mass is 9.62. The second-order valence-electron chi connectivity index (χ2n) is 12.0. The molecule has 1 aromatic heterocycles. The molecule has 0 unspecified atom stereocenters. The first-order chi connectivity index (χ1) is 15.8. The highest BCUT2D eigenvalue weighted by molar-refractivity contribution is 5.88. The summed E-state index contributed by atoms with van der Waals surface area (Å²) in [5.41, 5.74) is 2.42. The van der Waals surface area contributed by atoms with Gasteiger partial charge in [-0.3, -0.25) is 0 Å². The van der Waals surface area contributed by atoms with Crippen molar-refractivity contribution in [3.05, 3.63) is 80.6 Å². The van der Waals surface area contributed by atoms with E-state index in [0.717, 1.165) is 12.8 Å². The third kappa shape index (κ3) is 1.81. The average molecular weight is 440 g/mol. The van der Waals surface area contributed by atoms with Gasteiger partial charge in [-0.2, -0.15) is 0 Å². The maximum absolute atomic E-state index is 14.1. The lowest BCUT2D eigenvalue weighted by Gasteiger charge is -2.52. The predicted molar refractivity (Wildman–Crippen MR) is 128 cm³/mol. The average Bonchev–Trinajstić information content (AvgIpc) is 3.25. The van der Waals surface area contributed by atoms with Gasteiger partial charge < -0.3 is 0 Å². The van der Waals surface area contributed by atoms with Crippen molar-refractivity contribution in [2.45, 2.75) is 58.2 Å². The summed E-state index contributed by atoms with van der Waals surface area (Å²) in [6, 6.07) is 12.6. The van der Waals surface area contributed by atoms with E-state index < -0.39 is 0 Å². The molecule has 3 aromatic rings. The second-order valence-corrected chi connectivity index (χ2v) is 12.0. The van der Waals surface area contributed by atoms with Gasteiger partial charge in [0.15, 0.2) is 0 Å². The molecule has 6 aliphatic rings. The Bertz CT molecular complexity index is 1530. The van der Waals surface area contributed by atoms with Gasteiger partial charge in [0.05, 0.1) is 12.1 Å². The lowest BCUT2D eigenvalue weighted by Crippen LogP contribution is -2.53. The third-order valence-corrected chi connectivity index (χ3v) is 11.0. The van der Waals surface area contributed by atoms with Gasteiger partial charge in [0.2, 0.25) is 0 Å². The molecule has 9 rings (SSSR count). The van der Waals surface area contributed by atoms with Gasteiger partial charge in [-0.15, -0.1) is 0 Å². The SMILES string of the molecule is CC1(C)[C@@H]2CC[C@@]1(C)[C@H](n1c(=O)n3n(c1=O)[C@@H]1c4c(ccc5ccccc45)[C@@H]3[C@H]3C=C[C@@H]31)C2. The molecular weight excluding hydrogens is 410 g/mol. The summed E-state index contributed by atoms with van der Waals surface area (Å²) < 4.78 is 5.38. The minimum absolute atomic E-state index is 0.0123. The highest BCUT2D eigenvalue weighted by Gasteiger charge is 2.63. The Labute approximate surface area is 192 Å². The summed E-state index contributed by atoms with van der Waals surface area (Å²) in [6.07, 6.45) is 7.75. The van der Waals surface area contributed by atoms with E-state index in [1.54, 1.807) is 4.57 Å². The van der Waals surface area contributed by atoms with E-state index >= 15 is 0 Å². The molecular formula is C28H29N3O2. The summed E-state index contributed by atoms with van der Waals surface area (Å²) in [6.45, 7) is 7.01. The standard InChI is InChI=1S/C28H29N3O2/c1-27(2)16-12-13-28(27,3)21(14-16)29-25(32)30-23-18-10-11-19(18)24(31(30)26(29)33)22-17-7-5-4-6-15(17)8-9-20(22)23/h4-11,16,18-19,21,23-24H,12-14H2,1-3H3/t16-,18+,19+,21-,23+,24+,28+/m1/s1. The van der Waals surface area contributed by atoms with E-state index in [9.17, 15) is 9.59 Å². The number of hydrogen-bond donors (Lipinski definition) is 0. The molecule has 2 aliphatic heterocycles. The molecule has 33 heavy (non-hydrogen) atoms. The zero-order valence-electron chi connectivity index (χ0n) is 19.4. The molecule has 4 aliphatic carbocycles. The van der Waals surface area contributed by atoms with Crippen LogP contribution in [0.3, 0.4) is 0 Å². The number of fused-ring (bicyclic) bond motifs is 3. The third-order valence-electron chi connectivity index (χ3n) is 11.0. The minimum atomic E-state index is -0.105. The molecule has 0 amide bonds. The summed E-state index contributed by atoms with van der Waals surface area (Å²) in [5.74, 6) is 1.16. The van der Waals surface area contributed by atoms with Crippen molar-refractivity contribution < 1.29 is 0 Å². The predicted octanol–water partition coefficient (Wildman–Crippen LogP) is 4.66. The van der Waals surface area contributed by atoms with Crippen LogP contribution in [0.25, 0.3) is 10.8 Å². The van der Waals surface area contributed by atoms with Crippen LogP contribution in [-0.4, -0.2) is 13.9 Å². The molecule has 0 saturated heterocycles. The fourth-order valence-electron chi connectivity index (χ4n) is 8.69. The number of aromatic nitrogens is 3. The Morgan fingerprint density at radius 3 is 2.24 bits per heavy atom. The summed E-state index contributed by atoms with van der Waals surface area (Å²) in [5, 5.41) is 2.42. The van der Waals surface area contributed by atoms with E-state index in [0.29, 0.717) is 11.8 Å². The van der Waals surface area contributed by atoms with E-state index in [1.165, 1.54) is 28.3 Å². The summed E-state index contributed by atoms with van der Waals surface area (Å²) >= 11 is 0. The number of benzene rings is 2. The van der Waals surface area contributed by atoms with Crippen LogP contribution in [0.1, 0.15) is 69.3 Å². The van der Waals surface area contributed by atoms with Crippen molar-refractivity contribution >= 4 is 10.8 Å². The number of rotatable bonds is 1. The summed E-state index contributed by atoms with van der Waals surface area (Å²) in [4.78, 5) is 28.2. The van der Waals surface area contributed by atoms with Crippen molar-refractivity contribution in [2.24, 2.45) is 28.6 Å². The Morgan fingerprint density at radius 1 is 0.879 bits per heavy atom. The van der Waals surface area contributed by atoms with Gasteiger partial charge in [0.25, 0.3) is 0 Å². The lowest BCUT2D eigenvalue weighted by molar-refractivity contribution is 0.103. The Morgan fingerprint density at radius 2 is 1.58 bits per heavy atom. The van der Waals surface area contributed by atoms with Gasteiger partial charge in [-0.05, 0) is 57.9 Å². The van der Waals surface area contributed by atoms with Crippen molar-refractivity contribution in [2.75, 3.05) is 0 Å². The van der Waals surface area contributed by atoms with E-state index in [4.69, 9.17) is 0 Å². The smallest absolute Gasteiger partial charge is 0.246 e. The van der Waals surface area contributed by atoms with Gasteiger partial charge in [0.1, 0.15) is 0 Å². The monoisotopic (exact) mass is 439 g/mol. The van der Waals surface area contributed by atoms with Crippen LogP contribution in [0.5, 0.6) is 0 Å². The molecule has 0 spiro atoms. The molecule has 5 nitrogen and oxygen atoms in total. The highest BCUT2D eigenvalue weighted by Crippen LogP contribution is 2.69. The highest BCUT2D eigenvalue weighted by atomic mass is 16.2. The van der Waals surface area contributed by atoms with Crippen LogP contribution in [-0.2, 0) is 0 Å². The van der Waals surface area contributed by atoms with E-state index in [-0.39, 0.29) is 46.3 Å². The van der Waals surface area contributed by atoms with Gasteiger partial charge in [0, 0.05) is 17.9 Å². The van der Waals surface area contributed by atoms with Crippen LogP contribution in [0.4, 0.5) is 0 Å². The van der Waals surface area contributed by atoms with E-state index in [1.807, 2.05) is 9.36 Å². The molecule has 168 valence electrons. The molecule has 0 N–H and O–H groups in total. The zero-order valence-corrected chi connectivity index (χ0v) is 19.4. The Balaban J connectivity index is 1.41. The first kappa shape index (κ1) is 18.6. The quantitative estimate of drug-likeness (QED) is 0.518. The van der Waals surface area contributed by atoms with Crippen molar-refractivity contribution in [3.63, 3.8) is 0 Å². The van der Waals surface area contributed by atoms with Gasteiger partial charge in [-0.25, -0.2) is 23.5 Å². The molecule has 5 heteroatoms. The van der Waals surface area contributed by atoms with Crippen LogP contribution in [0.15, 0.2) is 58.1 Å². The molecule has 3 heterocycles. The Kier molecular flexibility index (Phi) is 3.07. The van der Waals surface area contributed by atoms with Crippen LogP contribution >= 0.6 is 0 Å². The topological polar surface area (TPSA) is 48.9 Å². The van der Waals surface area contributed by atoms with Crippen LogP contribution < -0.4 is 11.4 Å². The number of nitrogens with zero attached hydrogens (tertiary/aromatic N) is 3. The molecule has 0 radical (unpaired) electrons.